The fourth-order valence-electron chi connectivity index (χ4n) is 5.29. The molecule has 0 spiro atoms. The van der Waals surface area contributed by atoms with E-state index in [1.54, 1.807) is 0 Å². The highest BCUT2D eigenvalue weighted by molar-refractivity contribution is 6.60. The molecule has 2 heteroatoms. The summed E-state index contributed by atoms with van der Waals surface area (Å²) in [6.07, 6.45) is 0. The summed E-state index contributed by atoms with van der Waals surface area (Å²) in [6.45, 7) is 9.23. The molecule has 5 rings (SSSR count). The van der Waals surface area contributed by atoms with E-state index in [0.29, 0.717) is 0 Å². The highest BCUT2D eigenvalue weighted by Gasteiger charge is 2.26. The molecule has 0 fully saturated rings. The standard InChI is InChI=1S/C26H20N.2C2H5.Al/c1-17-13-21(19-9-5-3-6-10-19)25-23(15-17)24-16-18(2)14-22(26(24)27-25)20-11-7-4-8-12-20;2*1-2;/h3-16H,1-2H3;2*1H2,2H3;/q-1;;;+1. The van der Waals surface area contributed by atoms with Gasteiger partial charge in [0.15, 0.2) is 0 Å². The van der Waals surface area contributed by atoms with Crippen LogP contribution in [-0.4, -0.2) is 17.9 Å². The normalized spacial score (nSPS) is 11.4. The lowest BCUT2D eigenvalue weighted by Gasteiger charge is -2.19. The average Bonchev–Trinajstić information content (AvgIpc) is 3.14. The van der Waals surface area contributed by atoms with Gasteiger partial charge in [-0.05, 0) is 60.4 Å². The molecule has 0 amide bonds. The second-order valence-corrected chi connectivity index (χ2v) is 12.4. The Morgan fingerprint density at radius 2 is 1.00 bits per heavy atom. The van der Waals surface area contributed by atoms with Crippen molar-refractivity contribution < 1.29 is 0 Å². The highest BCUT2D eigenvalue weighted by Crippen LogP contribution is 2.42. The topological polar surface area (TPSA) is 4.93 Å². The minimum atomic E-state index is -1.22. The Morgan fingerprint density at radius 1 is 0.594 bits per heavy atom. The molecular weight excluding hydrogens is 401 g/mol. The predicted octanol–water partition coefficient (Wildman–Crippen LogP) is 8.62. The van der Waals surface area contributed by atoms with Crippen molar-refractivity contribution in [2.75, 3.05) is 0 Å². The van der Waals surface area contributed by atoms with E-state index in [9.17, 15) is 0 Å². The van der Waals surface area contributed by atoms with Crippen molar-refractivity contribution in [1.82, 2.24) is 3.55 Å². The number of fused-ring (bicyclic) bond motifs is 3. The zero-order valence-corrected chi connectivity index (χ0v) is 20.7. The third-order valence-electron chi connectivity index (χ3n) is 6.76. The lowest BCUT2D eigenvalue weighted by atomic mass is 9.97. The largest absolute Gasteiger partial charge is 0.432 e. The number of hydrogen-bond donors (Lipinski definition) is 0. The quantitative estimate of drug-likeness (QED) is 0.245. The minimum absolute atomic E-state index is 1.22. The SMILES string of the molecule is C[CH2][Al]([CH2]C)[n]1c2c(-c3ccccc3)cc(C)cc2c2cc(C)cc(-c3ccccc3)c21. The van der Waals surface area contributed by atoms with Gasteiger partial charge >= 0.3 is 14.4 Å². The Balaban J connectivity index is 2.02. The molecule has 5 aromatic rings. The van der Waals surface area contributed by atoms with Crippen LogP contribution in [0.15, 0.2) is 84.9 Å². The number of hydrogen-bond acceptors (Lipinski definition) is 0. The van der Waals surface area contributed by atoms with Crippen LogP contribution >= 0.6 is 0 Å². The molecule has 1 aromatic heterocycles. The zero-order valence-electron chi connectivity index (χ0n) is 19.5. The summed E-state index contributed by atoms with van der Waals surface area (Å²) in [5.41, 5.74) is 10.9. The van der Waals surface area contributed by atoms with Crippen molar-refractivity contribution in [3.63, 3.8) is 0 Å². The number of nitrogens with zero attached hydrogens (tertiary/aromatic N) is 1. The molecule has 0 aliphatic carbocycles. The maximum absolute atomic E-state index is 2.80. The Kier molecular flexibility index (Phi) is 5.68. The first kappa shape index (κ1) is 21.1. The summed E-state index contributed by atoms with van der Waals surface area (Å²) in [5, 5.41) is 5.30. The first-order chi connectivity index (χ1) is 15.6. The number of aromatic nitrogens is 1. The van der Waals surface area contributed by atoms with Crippen LogP contribution in [-0.2, 0) is 0 Å². The van der Waals surface area contributed by atoms with Crippen LogP contribution in [0.4, 0.5) is 0 Å². The Bertz CT molecular complexity index is 1290. The summed E-state index contributed by atoms with van der Waals surface area (Å²) in [7, 11) is 0. The Hall–Kier alpha value is -2.79. The Labute approximate surface area is 195 Å². The molecule has 0 bridgehead atoms. The van der Waals surface area contributed by atoms with Crippen LogP contribution in [0.2, 0.25) is 10.6 Å². The average molecular weight is 432 g/mol. The first-order valence-corrected chi connectivity index (χ1v) is 14.0. The molecule has 1 nitrogen and oxygen atoms in total. The molecule has 0 saturated heterocycles. The van der Waals surface area contributed by atoms with Crippen molar-refractivity contribution >= 4 is 36.2 Å². The van der Waals surface area contributed by atoms with Gasteiger partial charge in [-0.1, -0.05) is 85.1 Å². The Morgan fingerprint density at radius 3 is 1.38 bits per heavy atom. The molecule has 0 unspecified atom stereocenters. The highest BCUT2D eigenvalue weighted by atomic mass is 27.2. The molecule has 0 atom stereocenters. The molecule has 0 aliphatic rings. The lowest BCUT2D eigenvalue weighted by molar-refractivity contribution is 1.18. The molecule has 0 aliphatic heterocycles. The van der Waals surface area contributed by atoms with E-state index < -0.39 is 14.4 Å². The van der Waals surface area contributed by atoms with E-state index in [-0.39, 0.29) is 0 Å². The predicted molar refractivity (Wildman–Crippen MR) is 142 cm³/mol. The van der Waals surface area contributed by atoms with Gasteiger partial charge in [-0.25, -0.2) is 0 Å². The van der Waals surface area contributed by atoms with Gasteiger partial charge in [0, 0.05) is 32.9 Å². The second kappa shape index (κ2) is 8.63. The van der Waals surface area contributed by atoms with E-state index >= 15 is 0 Å². The molecule has 1 heterocycles. The fraction of sp³-hybridized carbons (Fsp3) is 0.200. The van der Waals surface area contributed by atoms with Gasteiger partial charge < -0.3 is 3.55 Å². The molecule has 32 heavy (non-hydrogen) atoms. The van der Waals surface area contributed by atoms with Crippen LogP contribution in [0, 0.1) is 13.8 Å². The van der Waals surface area contributed by atoms with Crippen LogP contribution in [0.25, 0.3) is 44.1 Å². The second-order valence-electron chi connectivity index (χ2n) is 8.99. The summed E-state index contributed by atoms with van der Waals surface area (Å²) >= 11 is -1.22. The third-order valence-corrected chi connectivity index (χ3v) is 9.89. The summed E-state index contributed by atoms with van der Waals surface area (Å²) in [5.74, 6) is 0. The van der Waals surface area contributed by atoms with E-state index in [1.165, 1.54) is 65.8 Å². The van der Waals surface area contributed by atoms with Gasteiger partial charge in [0.1, 0.15) is 0 Å². The van der Waals surface area contributed by atoms with E-state index in [1.807, 2.05) is 0 Å². The van der Waals surface area contributed by atoms with Crippen molar-refractivity contribution in [2.45, 2.75) is 38.3 Å². The summed E-state index contributed by atoms with van der Waals surface area (Å²) < 4.78 is 2.80. The summed E-state index contributed by atoms with van der Waals surface area (Å²) in [4.78, 5) is 0. The lowest BCUT2D eigenvalue weighted by Crippen LogP contribution is -2.22. The van der Waals surface area contributed by atoms with Gasteiger partial charge in [0.25, 0.3) is 0 Å². The van der Waals surface area contributed by atoms with Gasteiger partial charge in [-0.15, -0.1) is 0 Å². The van der Waals surface area contributed by atoms with Crippen LogP contribution in [0.5, 0.6) is 0 Å². The molecule has 0 saturated carbocycles. The van der Waals surface area contributed by atoms with Crippen molar-refractivity contribution in [3.05, 3.63) is 96.1 Å². The van der Waals surface area contributed by atoms with Crippen LogP contribution in [0.1, 0.15) is 25.0 Å². The van der Waals surface area contributed by atoms with E-state index in [2.05, 4.69) is 116 Å². The van der Waals surface area contributed by atoms with Crippen molar-refractivity contribution in [1.29, 1.82) is 0 Å². The van der Waals surface area contributed by atoms with Gasteiger partial charge in [0.2, 0.25) is 0 Å². The van der Waals surface area contributed by atoms with Crippen LogP contribution in [0.3, 0.4) is 0 Å². The van der Waals surface area contributed by atoms with Crippen molar-refractivity contribution in [3.8, 4) is 22.3 Å². The van der Waals surface area contributed by atoms with Gasteiger partial charge in [-0.2, -0.15) is 0 Å². The molecule has 0 radical (unpaired) electrons. The van der Waals surface area contributed by atoms with Gasteiger partial charge in [0.05, 0.1) is 0 Å². The molecule has 0 N–H and O–H groups in total. The molecule has 158 valence electrons. The minimum Gasteiger partial charge on any atom is -0.432 e. The smallest absolute Gasteiger partial charge is 0.418 e. The van der Waals surface area contributed by atoms with Crippen LogP contribution < -0.4 is 0 Å². The first-order valence-electron chi connectivity index (χ1n) is 11.8. The van der Waals surface area contributed by atoms with E-state index in [0.717, 1.165) is 0 Å². The summed E-state index contributed by atoms with van der Waals surface area (Å²) in [6, 6.07) is 31.5. The van der Waals surface area contributed by atoms with E-state index in [4.69, 9.17) is 0 Å². The third kappa shape index (κ3) is 3.49. The maximum atomic E-state index is 2.80. The van der Waals surface area contributed by atoms with Gasteiger partial charge in [-0.3, -0.25) is 0 Å². The van der Waals surface area contributed by atoms with Crippen molar-refractivity contribution in [2.24, 2.45) is 0 Å². The molecular formula is C30H30AlN. The fourth-order valence-corrected chi connectivity index (χ4v) is 7.89. The number of aryl methyl sites for hydroxylation is 2. The monoisotopic (exact) mass is 431 g/mol. The molecule has 4 aromatic carbocycles. The number of benzene rings is 4. The number of rotatable bonds is 5. The maximum Gasteiger partial charge on any atom is 0.418 e. The zero-order chi connectivity index (χ0) is 22.2.